The zero-order valence-corrected chi connectivity index (χ0v) is 10.4. The molecule has 1 heterocycles. The van der Waals surface area contributed by atoms with Gasteiger partial charge in [0.15, 0.2) is 0 Å². The van der Waals surface area contributed by atoms with E-state index >= 15 is 0 Å². The van der Waals surface area contributed by atoms with Crippen molar-refractivity contribution in [3.05, 3.63) is 23.2 Å². The summed E-state index contributed by atoms with van der Waals surface area (Å²) in [6.45, 7) is 4.68. The van der Waals surface area contributed by atoms with Crippen molar-refractivity contribution in [2.75, 3.05) is 31.6 Å². The van der Waals surface area contributed by atoms with Crippen LogP contribution in [0.25, 0.3) is 0 Å². The molecular formula is C12H17ClN2O. The number of hydrogen-bond acceptors (Lipinski definition) is 3. The fourth-order valence-corrected chi connectivity index (χ4v) is 1.97. The Bertz CT molecular complexity index is 366. The molecule has 0 bridgehead atoms. The summed E-state index contributed by atoms with van der Waals surface area (Å²) in [7, 11) is 2.09. The highest BCUT2D eigenvalue weighted by molar-refractivity contribution is 6.32. The number of nitrogens with zero attached hydrogens (tertiary/aromatic N) is 1. The van der Waals surface area contributed by atoms with E-state index in [2.05, 4.69) is 23.3 Å². The van der Waals surface area contributed by atoms with Gasteiger partial charge in [-0.3, -0.25) is 0 Å². The van der Waals surface area contributed by atoms with E-state index in [0.29, 0.717) is 17.7 Å². The van der Waals surface area contributed by atoms with Crippen molar-refractivity contribution in [1.29, 1.82) is 0 Å². The minimum absolute atomic E-state index is 0.578. The third kappa shape index (κ3) is 2.25. The van der Waals surface area contributed by atoms with Gasteiger partial charge in [-0.05, 0) is 25.1 Å². The van der Waals surface area contributed by atoms with Gasteiger partial charge in [0.05, 0.1) is 17.7 Å². The summed E-state index contributed by atoms with van der Waals surface area (Å²) in [4.78, 5) is 2.25. The van der Waals surface area contributed by atoms with Crippen molar-refractivity contribution < 1.29 is 4.74 Å². The highest BCUT2D eigenvalue weighted by atomic mass is 35.5. The molecule has 1 fully saturated rings. The molecule has 1 aliphatic heterocycles. The number of benzene rings is 1. The predicted octanol–water partition coefficient (Wildman–Crippen LogP) is 2.15. The van der Waals surface area contributed by atoms with Gasteiger partial charge in [0.2, 0.25) is 0 Å². The number of ether oxygens (including phenoxy) is 1. The Morgan fingerprint density at radius 1 is 1.50 bits per heavy atom. The normalized spacial score (nSPS) is 15.7. The topological polar surface area (TPSA) is 24.5 Å². The van der Waals surface area contributed by atoms with Gasteiger partial charge in [-0.2, -0.15) is 0 Å². The summed E-state index contributed by atoms with van der Waals surface area (Å²) in [5.74, 6) is 0.757. The molecule has 0 aromatic heterocycles. The summed E-state index contributed by atoms with van der Waals surface area (Å²) >= 11 is 6.15. The minimum atomic E-state index is 0.578. The van der Waals surface area contributed by atoms with Crippen LogP contribution < -0.4 is 15.0 Å². The molecule has 88 valence electrons. The number of nitrogens with one attached hydrogen (secondary N) is 1. The first-order valence-corrected chi connectivity index (χ1v) is 5.96. The zero-order valence-electron chi connectivity index (χ0n) is 9.66. The van der Waals surface area contributed by atoms with Crippen LogP contribution in [-0.4, -0.2) is 32.8 Å². The SMILES string of the molecule is CCOc1ccc(N(C)C2CNC2)cc1Cl. The highest BCUT2D eigenvalue weighted by Gasteiger charge is 2.22. The molecule has 0 saturated carbocycles. The third-order valence-electron chi connectivity index (χ3n) is 2.93. The van der Waals surface area contributed by atoms with Crippen LogP contribution >= 0.6 is 11.6 Å². The Kier molecular flexibility index (Phi) is 3.56. The van der Waals surface area contributed by atoms with E-state index in [1.165, 1.54) is 0 Å². The van der Waals surface area contributed by atoms with Crippen LogP contribution in [0.1, 0.15) is 6.92 Å². The van der Waals surface area contributed by atoms with E-state index in [9.17, 15) is 0 Å². The van der Waals surface area contributed by atoms with E-state index in [1.807, 2.05) is 19.1 Å². The molecular weight excluding hydrogens is 224 g/mol. The first kappa shape index (κ1) is 11.6. The molecule has 1 aromatic rings. The van der Waals surface area contributed by atoms with Crippen molar-refractivity contribution in [3.8, 4) is 5.75 Å². The molecule has 0 aliphatic carbocycles. The van der Waals surface area contributed by atoms with Gasteiger partial charge in [-0.1, -0.05) is 11.6 Å². The summed E-state index contributed by atoms with van der Waals surface area (Å²) in [5.41, 5.74) is 1.14. The molecule has 2 rings (SSSR count). The van der Waals surface area contributed by atoms with Crippen LogP contribution in [0.3, 0.4) is 0 Å². The summed E-state index contributed by atoms with van der Waals surface area (Å²) in [5, 5.41) is 3.94. The molecule has 0 unspecified atom stereocenters. The number of likely N-dealkylation sites (N-methyl/N-ethyl adjacent to an activating group) is 1. The fourth-order valence-electron chi connectivity index (χ4n) is 1.74. The molecule has 1 saturated heterocycles. The van der Waals surface area contributed by atoms with E-state index in [-0.39, 0.29) is 0 Å². The molecule has 1 aromatic carbocycles. The van der Waals surface area contributed by atoms with Gasteiger partial charge in [-0.25, -0.2) is 0 Å². The standard InChI is InChI=1S/C12H17ClN2O/c1-3-16-12-5-4-9(6-11(12)13)15(2)10-7-14-8-10/h4-6,10,14H,3,7-8H2,1-2H3. The van der Waals surface area contributed by atoms with Crippen LogP contribution in [0.5, 0.6) is 5.75 Å². The molecule has 0 amide bonds. The maximum atomic E-state index is 6.15. The number of hydrogen-bond donors (Lipinski definition) is 1. The first-order chi connectivity index (χ1) is 7.72. The Morgan fingerprint density at radius 2 is 2.25 bits per heavy atom. The van der Waals surface area contributed by atoms with Crippen molar-refractivity contribution >= 4 is 17.3 Å². The summed E-state index contributed by atoms with van der Waals surface area (Å²) in [6.07, 6.45) is 0. The predicted molar refractivity (Wildman–Crippen MR) is 67.7 cm³/mol. The molecule has 16 heavy (non-hydrogen) atoms. The van der Waals surface area contributed by atoms with Crippen molar-refractivity contribution in [1.82, 2.24) is 5.32 Å². The average molecular weight is 241 g/mol. The zero-order chi connectivity index (χ0) is 11.5. The largest absolute Gasteiger partial charge is 0.492 e. The first-order valence-electron chi connectivity index (χ1n) is 5.58. The quantitative estimate of drug-likeness (QED) is 0.873. The Morgan fingerprint density at radius 3 is 2.75 bits per heavy atom. The molecule has 0 radical (unpaired) electrons. The van der Waals surface area contributed by atoms with Crippen LogP contribution in [0.15, 0.2) is 18.2 Å². The van der Waals surface area contributed by atoms with Gasteiger partial charge in [0.1, 0.15) is 5.75 Å². The summed E-state index contributed by atoms with van der Waals surface area (Å²) < 4.78 is 5.41. The van der Waals surface area contributed by atoms with Crippen molar-refractivity contribution in [2.45, 2.75) is 13.0 Å². The Labute approximate surface area is 101 Å². The van der Waals surface area contributed by atoms with Crippen LogP contribution in [0.2, 0.25) is 5.02 Å². The van der Waals surface area contributed by atoms with Gasteiger partial charge in [-0.15, -0.1) is 0 Å². The van der Waals surface area contributed by atoms with Gasteiger partial charge < -0.3 is 15.0 Å². The van der Waals surface area contributed by atoms with E-state index < -0.39 is 0 Å². The summed E-state index contributed by atoms with van der Waals surface area (Å²) in [6, 6.07) is 6.53. The maximum absolute atomic E-state index is 6.15. The lowest BCUT2D eigenvalue weighted by Crippen LogP contribution is -2.56. The Balaban J connectivity index is 2.13. The maximum Gasteiger partial charge on any atom is 0.138 e. The third-order valence-corrected chi connectivity index (χ3v) is 3.23. The van der Waals surface area contributed by atoms with Crippen LogP contribution in [0, 0.1) is 0 Å². The highest BCUT2D eigenvalue weighted by Crippen LogP contribution is 2.30. The molecule has 3 nitrogen and oxygen atoms in total. The molecule has 0 atom stereocenters. The van der Waals surface area contributed by atoms with E-state index in [0.717, 1.165) is 24.5 Å². The lowest BCUT2D eigenvalue weighted by atomic mass is 10.1. The van der Waals surface area contributed by atoms with Crippen molar-refractivity contribution in [3.63, 3.8) is 0 Å². The van der Waals surface area contributed by atoms with Crippen LogP contribution in [-0.2, 0) is 0 Å². The smallest absolute Gasteiger partial charge is 0.138 e. The second-order valence-corrected chi connectivity index (χ2v) is 4.38. The molecule has 1 aliphatic rings. The second-order valence-electron chi connectivity index (χ2n) is 3.97. The molecule has 0 spiro atoms. The fraction of sp³-hybridized carbons (Fsp3) is 0.500. The van der Waals surface area contributed by atoms with Gasteiger partial charge in [0, 0.05) is 25.8 Å². The molecule has 4 heteroatoms. The van der Waals surface area contributed by atoms with E-state index in [1.54, 1.807) is 0 Å². The minimum Gasteiger partial charge on any atom is -0.492 e. The van der Waals surface area contributed by atoms with Gasteiger partial charge >= 0.3 is 0 Å². The number of halogens is 1. The van der Waals surface area contributed by atoms with E-state index in [4.69, 9.17) is 16.3 Å². The number of anilines is 1. The van der Waals surface area contributed by atoms with Gasteiger partial charge in [0.25, 0.3) is 0 Å². The number of rotatable bonds is 4. The lowest BCUT2D eigenvalue weighted by molar-refractivity contribution is 0.340. The molecule has 1 N–H and O–H groups in total. The van der Waals surface area contributed by atoms with Crippen LogP contribution in [0.4, 0.5) is 5.69 Å². The average Bonchev–Trinajstić information content (AvgIpc) is 2.18. The Hall–Kier alpha value is -0.930. The second kappa shape index (κ2) is 4.93. The lowest BCUT2D eigenvalue weighted by Gasteiger charge is -2.37. The monoisotopic (exact) mass is 240 g/mol. The van der Waals surface area contributed by atoms with Crippen molar-refractivity contribution in [2.24, 2.45) is 0 Å².